The minimum absolute atomic E-state index is 0.0111. The number of benzene rings is 2. The van der Waals surface area contributed by atoms with Crippen LogP contribution in [0.15, 0.2) is 42.0 Å². The van der Waals surface area contributed by atoms with Crippen LogP contribution in [0.5, 0.6) is 11.5 Å². The lowest BCUT2D eigenvalue weighted by Gasteiger charge is -2.41. The van der Waals surface area contributed by atoms with Gasteiger partial charge in [0.15, 0.2) is 11.5 Å². The van der Waals surface area contributed by atoms with Gasteiger partial charge in [0.05, 0.1) is 41.8 Å². The Bertz CT molecular complexity index is 1550. The molecule has 0 aromatic heterocycles. The number of rotatable bonds is 12. The lowest BCUT2D eigenvalue weighted by atomic mass is 9.75. The number of aliphatic hydroxyl groups is 2. The Morgan fingerprint density at radius 3 is 2.60 bits per heavy atom. The second-order valence-electron chi connectivity index (χ2n) is 13.3. The fourth-order valence-corrected chi connectivity index (χ4v) is 7.64. The van der Waals surface area contributed by atoms with Gasteiger partial charge < -0.3 is 34.6 Å². The van der Waals surface area contributed by atoms with Crippen LogP contribution in [0.1, 0.15) is 67.4 Å². The standard InChI is InChI=1S/C36H44Cl2N2O8/c1-19(2)23-7-5-20(3)11-29(23)47-18-31(43)40(16-21-6-8-26(37)27(38)13-21)28-15-25(36(45)39-9-10-41)32-24-12-22(17-42)14-30(46-4)34(24)48-35(32)33(28)44/h6,8,12-15,17,19-20,23,28-29,32-33,35,41,44H,5,7,9-11,16,18H2,1-4H3,(H,39,45)/t20-,23+,28+,29-,32-,33-,35-/m0/s1. The van der Waals surface area contributed by atoms with Crippen molar-refractivity contribution in [2.24, 2.45) is 17.8 Å². The molecular formula is C36H44Cl2N2O8. The van der Waals surface area contributed by atoms with Crippen LogP contribution >= 0.6 is 23.2 Å². The first-order valence-corrected chi connectivity index (χ1v) is 17.2. The van der Waals surface area contributed by atoms with E-state index >= 15 is 0 Å². The highest BCUT2D eigenvalue weighted by Crippen LogP contribution is 2.51. The highest BCUT2D eigenvalue weighted by molar-refractivity contribution is 6.42. The van der Waals surface area contributed by atoms with Crippen LogP contribution in [-0.2, 0) is 20.9 Å². The molecule has 2 aromatic carbocycles. The maximum absolute atomic E-state index is 14.3. The molecule has 5 rings (SSSR count). The van der Waals surface area contributed by atoms with Gasteiger partial charge >= 0.3 is 0 Å². The molecule has 0 spiro atoms. The van der Waals surface area contributed by atoms with E-state index in [0.717, 1.165) is 19.3 Å². The summed E-state index contributed by atoms with van der Waals surface area (Å²) in [5, 5.41) is 24.8. The molecular weight excluding hydrogens is 659 g/mol. The SMILES string of the molecule is COc1cc(C=O)cc2c1O[C@@H]1[C@@H](O)[C@H](N(Cc3ccc(Cl)c(Cl)c3)C(=O)CO[C@H]3C[C@@H](C)CC[C@@H]3C(C)C)C=C(C(=O)NCCO)[C@H]21. The zero-order valence-corrected chi connectivity index (χ0v) is 29.2. The third-order valence-electron chi connectivity index (χ3n) is 9.81. The van der Waals surface area contributed by atoms with Crippen molar-refractivity contribution in [1.82, 2.24) is 10.2 Å². The fourth-order valence-electron chi connectivity index (χ4n) is 7.32. The van der Waals surface area contributed by atoms with E-state index in [1.807, 2.05) is 0 Å². The van der Waals surface area contributed by atoms with E-state index in [1.54, 1.807) is 30.3 Å². The van der Waals surface area contributed by atoms with Crippen molar-refractivity contribution in [2.75, 3.05) is 26.9 Å². The van der Waals surface area contributed by atoms with Crippen LogP contribution in [-0.4, -0.2) is 84.4 Å². The largest absolute Gasteiger partial charge is 0.493 e. The predicted octanol–water partition coefficient (Wildman–Crippen LogP) is 4.94. The zero-order valence-electron chi connectivity index (χ0n) is 27.7. The average Bonchev–Trinajstić information content (AvgIpc) is 3.46. The quantitative estimate of drug-likeness (QED) is 0.265. The van der Waals surface area contributed by atoms with Crippen molar-refractivity contribution in [2.45, 2.75) is 76.9 Å². The number of carbonyl (C=O) groups is 3. The van der Waals surface area contributed by atoms with Crippen LogP contribution in [0.4, 0.5) is 0 Å². The van der Waals surface area contributed by atoms with Gasteiger partial charge in [0, 0.05) is 29.8 Å². The molecule has 1 heterocycles. The van der Waals surface area contributed by atoms with Gasteiger partial charge in [-0.3, -0.25) is 14.4 Å². The van der Waals surface area contributed by atoms with Crippen LogP contribution in [0.2, 0.25) is 10.0 Å². The molecule has 1 saturated carbocycles. The molecule has 2 aliphatic carbocycles. The molecule has 3 N–H and O–H groups in total. The van der Waals surface area contributed by atoms with E-state index in [9.17, 15) is 24.6 Å². The normalized spacial score (nSPS) is 26.2. The average molecular weight is 704 g/mol. The fraction of sp³-hybridized carbons (Fsp3) is 0.528. The number of hydrogen-bond acceptors (Lipinski definition) is 8. The Labute approximate surface area is 291 Å². The first-order valence-electron chi connectivity index (χ1n) is 16.4. The van der Waals surface area contributed by atoms with Gasteiger partial charge in [-0.15, -0.1) is 0 Å². The van der Waals surface area contributed by atoms with E-state index in [0.29, 0.717) is 56.5 Å². The van der Waals surface area contributed by atoms with E-state index in [2.05, 4.69) is 26.1 Å². The van der Waals surface area contributed by atoms with Crippen molar-refractivity contribution in [3.05, 3.63) is 68.7 Å². The molecule has 0 unspecified atom stereocenters. The Hall–Kier alpha value is -3.15. The maximum atomic E-state index is 14.3. The van der Waals surface area contributed by atoms with Gasteiger partial charge in [-0.1, -0.05) is 56.5 Å². The maximum Gasteiger partial charge on any atom is 0.249 e. The molecule has 10 nitrogen and oxygen atoms in total. The van der Waals surface area contributed by atoms with Gasteiger partial charge in [-0.25, -0.2) is 0 Å². The molecule has 1 aliphatic heterocycles. The van der Waals surface area contributed by atoms with Crippen molar-refractivity contribution in [1.29, 1.82) is 0 Å². The van der Waals surface area contributed by atoms with Crippen LogP contribution < -0.4 is 14.8 Å². The predicted molar refractivity (Wildman–Crippen MR) is 182 cm³/mol. The summed E-state index contributed by atoms with van der Waals surface area (Å²) in [6, 6.07) is 7.15. The van der Waals surface area contributed by atoms with Crippen LogP contribution in [0.3, 0.4) is 0 Å². The minimum Gasteiger partial charge on any atom is -0.493 e. The highest BCUT2D eigenvalue weighted by Gasteiger charge is 2.51. The van der Waals surface area contributed by atoms with Crippen LogP contribution in [0.25, 0.3) is 0 Å². The van der Waals surface area contributed by atoms with E-state index in [4.69, 9.17) is 37.4 Å². The first kappa shape index (κ1) is 36.1. The molecule has 48 heavy (non-hydrogen) atoms. The summed E-state index contributed by atoms with van der Waals surface area (Å²) in [5.74, 6) is 0.0958. The van der Waals surface area contributed by atoms with Gasteiger partial charge in [0.1, 0.15) is 25.1 Å². The number of aldehydes is 1. The summed E-state index contributed by atoms with van der Waals surface area (Å²) in [4.78, 5) is 41.2. The summed E-state index contributed by atoms with van der Waals surface area (Å²) >= 11 is 12.5. The number of methoxy groups -OCH3 is 1. The molecule has 2 amide bonds. The van der Waals surface area contributed by atoms with E-state index in [-0.39, 0.29) is 49.6 Å². The third kappa shape index (κ3) is 7.53. The molecule has 3 aliphatic rings. The monoisotopic (exact) mass is 702 g/mol. The zero-order chi connectivity index (χ0) is 34.7. The highest BCUT2D eigenvalue weighted by atomic mass is 35.5. The van der Waals surface area contributed by atoms with Gasteiger partial charge in [-0.05, 0) is 66.5 Å². The van der Waals surface area contributed by atoms with Crippen molar-refractivity contribution in [3.63, 3.8) is 0 Å². The molecule has 1 fully saturated rings. The number of carbonyl (C=O) groups excluding carboxylic acids is 3. The summed E-state index contributed by atoms with van der Waals surface area (Å²) < 4.78 is 18.2. The molecule has 7 atom stereocenters. The molecule has 0 saturated heterocycles. The molecule has 0 bridgehead atoms. The number of aliphatic hydroxyl groups excluding tert-OH is 2. The van der Waals surface area contributed by atoms with Crippen molar-refractivity contribution >= 4 is 41.3 Å². The molecule has 0 radical (unpaired) electrons. The number of nitrogens with one attached hydrogen (secondary N) is 1. The Morgan fingerprint density at radius 2 is 1.94 bits per heavy atom. The topological polar surface area (TPSA) is 135 Å². The van der Waals surface area contributed by atoms with Crippen molar-refractivity contribution in [3.8, 4) is 11.5 Å². The molecule has 260 valence electrons. The number of amides is 2. The van der Waals surface area contributed by atoms with Gasteiger partial charge in [0.2, 0.25) is 11.8 Å². The molecule has 2 aromatic rings. The summed E-state index contributed by atoms with van der Waals surface area (Å²) in [7, 11) is 1.44. The Morgan fingerprint density at radius 1 is 1.17 bits per heavy atom. The lowest BCUT2D eigenvalue weighted by Crippen LogP contribution is -2.56. The summed E-state index contributed by atoms with van der Waals surface area (Å²) in [6.45, 7) is 6.04. The van der Waals surface area contributed by atoms with Gasteiger partial charge in [0.25, 0.3) is 0 Å². The number of fused-ring (bicyclic) bond motifs is 3. The van der Waals surface area contributed by atoms with E-state index in [1.165, 1.54) is 18.1 Å². The summed E-state index contributed by atoms with van der Waals surface area (Å²) in [6.07, 6.45) is 2.84. The number of ether oxygens (including phenoxy) is 3. The number of hydrogen-bond donors (Lipinski definition) is 3. The number of halogens is 2. The smallest absolute Gasteiger partial charge is 0.249 e. The third-order valence-corrected chi connectivity index (χ3v) is 10.5. The molecule has 12 heteroatoms. The van der Waals surface area contributed by atoms with E-state index < -0.39 is 30.1 Å². The summed E-state index contributed by atoms with van der Waals surface area (Å²) in [5.41, 5.74) is 1.69. The minimum atomic E-state index is -1.30. The first-order chi connectivity index (χ1) is 23.0. The number of nitrogens with zero attached hydrogens (tertiary/aromatic N) is 1. The Balaban J connectivity index is 1.54. The second kappa shape index (κ2) is 15.6. The van der Waals surface area contributed by atoms with Crippen LogP contribution in [0, 0.1) is 17.8 Å². The second-order valence-corrected chi connectivity index (χ2v) is 14.2. The Kier molecular flexibility index (Phi) is 11.7. The van der Waals surface area contributed by atoms with Gasteiger partial charge in [-0.2, -0.15) is 0 Å². The van der Waals surface area contributed by atoms with Crippen molar-refractivity contribution < 1.29 is 38.8 Å². The lowest BCUT2D eigenvalue weighted by molar-refractivity contribution is -0.148.